The zero-order chi connectivity index (χ0) is 23.5. The summed E-state index contributed by atoms with van der Waals surface area (Å²) in [6.45, 7) is 2.34. The second-order valence-electron chi connectivity index (χ2n) is 7.18. The standard InChI is InChI=1S/C24H19N3O6/c1-2-33-19-9-7-17(8-10-19)26-21(15-11-13-25-14-12-15)20(23(29)24(26)30)22(28)16-3-5-18(6-4-16)27(31)32/h3-14,21,28H,2H2,1H3/b22-20-. The molecule has 0 aliphatic carbocycles. The first-order valence-electron chi connectivity index (χ1n) is 10.1. The summed E-state index contributed by atoms with van der Waals surface area (Å²) in [6, 6.07) is 14.2. The molecule has 1 aliphatic rings. The van der Waals surface area contributed by atoms with E-state index in [4.69, 9.17) is 4.74 Å². The van der Waals surface area contributed by atoms with Crippen LogP contribution in [0.5, 0.6) is 5.75 Å². The van der Waals surface area contributed by atoms with Crippen molar-refractivity contribution in [2.45, 2.75) is 13.0 Å². The molecule has 1 atom stereocenters. The summed E-state index contributed by atoms with van der Waals surface area (Å²) in [5, 5.41) is 22.0. The maximum atomic E-state index is 13.1. The number of nitrogens with zero attached hydrogens (tertiary/aromatic N) is 3. The monoisotopic (exact) mass is 445 g/mol. The van der Waals surface area contributed by atoms with Gasteiger partial charge in [-0.15, -0.1) is 0 Å². The van der Waals surface area contributed by atoms with Gasteiger partial charge in [0.1, 0.15) is 11.5 Å². The molecule has 2 heterocycles. The number of ketones is 1. The smallest absolute Gasteiger partial charge is 0.300 e. The molecule has 0 saturated carbocycles. The summed E-state index contributed by atoms with van der Waals surface area (Å²) in [5.74, 6) is -1.46. The van der Waals surface area contributed by atoms with Crippen LogP contribution < -0.4 is 9.64 Å². The number of amides is 1. The molecule has 1 aromatic heterocycles. The fourth-order valence-corrected chi connectivity index (χ4v) is 3.73. The predicted molar refractivity (Wildman–Crippen MR) is 120 cm³/mol. The van der Waals surface area contributed by atoms with Crippen LogP contribution in [0.4, 0.5) is 11.4 Å². The van der Waals surface area contributed by atoms with Crippen LogP contribution in [0.2, 0.25) is 0 Å². The highest BCUT2D eigenvalue weighted by Crippen LogP contribution is 2.42. The van der Waals surface area contributed by atoms with Gasteiger partial charge in [-0.25, -0.2) is 0 Å². The molecule has 1 saturated heterocycles. The topological polar surface area (TPSA) is 123 Å². The van der Waals surface area contributed by atoms with Crippen molar-refractivity contribution in [1.29, 1.82) is 0 Å². The number of carbonyl (C=O) groups is 2. The predicted octanol–water partition coefficient (Wildman–Crippen LogP) is 4.01. The van der Waals surface area contributed by atoms with Gasteiger partial charge >= 0.3 is 0 Å². The number of rotatable bonds is 6. The van der Waals surface area contributed by atoms with Crippen molar-refractivity contribution in [2.24, 2.45) is 0 Å². The van der Waals surface area contributed by atoms with Crippen molar-refractivity contribution in [2.75, 3.05) is 11.5 Å². The number of nitro benzene ring substituents is 1. The lowest BCUT2D eigenvalue weighted by molar-refractivity contribution is -0.384. The Morgan fingerprint density at radius 2 is 1.70 bits per heavy atom. The molecule has 9 heteroatoms. The van der Waals surface area contributed by atoms with Crippen molar-refractivity contribution < 1.29 is 24.4 Å². The van der Waals surface area contributed by atoms with Crippen LogP contribution in [0.15, 0.2) is 78.6 Å². The largest absolute Gasteiger partial charge is 0.507 e. The molecule has 33 heavy (non-hydrogen) atoms. The third-order valence-electron chi connectivity index (χ3n) is 5.24. The number of nitro groups is 1. The van der Waals surface area contributed by atoms with Gasteiger partial charge in [-0.2, -0.15) is 0 Å². The number of benzene rings is 2. The highest BCUT2D eigenvalue weighted by atomic mass is 16.6. The molecule has 1 aliphatic heterocycles. The summed E-state index contributed by atoms with van der Waals surface area (Å²) < 4.78 is 5.45. The lowest BCUT2D eigenvalue weighted by atomic mass is 9.95. The molecule has 0 spiro atoms. The SMILES string of the molecule is CCOc1ccc(N2C(=O)C(=O)/C(=C(\O)c3ccc([N+](=O)[O-])cc3)C2c2ccncc2)cc1. The summed E-state index contributed by atoms with van der Waals surface area (Å²) in [6.07, 6.45) is 3.05. The van der Waals surface area contributed by atoms with E-state index in [1.165, 1.54) is 41.6 Å². The fourth-order valence-electron chi connectivity index (χ4n) is 3.73. The number of pyridine rings is 1. The van der Waals surface area contributed by atoms with E-state index in [2.05, 4.69) is 4.98 Å². The number of ether oxygens (including phenoxy) is 1. The van der Waals surface area contributed by atoms with Crippen molar-refractivity contribution >= 4 is 28.8 Å². The lowest BCUT2D eigenvalue weighted by Gasteiger charge is -2.25. The number of aromatic nitrogens is 1. The molecule has 2 aromatic carbocycles. The number of aliphatic hydroxyl groups excluding tert-OH is 1. The minimum atomic E-state index is -0.916. The Hall–Kier alpha value is -4.53. The van der Waals surface area contributed by atoms with Crippen LogP contribution in [-0.4, -0.2) is 33.3 Å². The van der Waals surface area contributed by atoms with Crippen LogP contribution in [-0.2, 0) is 9.59 Å². The first-order chi connectivity index (χ1) is 15.9. The highest BCUT2D eigenvalue weighted by Gasteiger charge is 2.47. The summed E-state index contributed by atoms with van der Waals surface area (Å²) in [4.78, 5) is 41.8. The number of hydrogen-bond acceptors (Lipinski definition) is 7. The zero-order valence-corrected chi connectivity index (χ0v) is 17.5. The number of aliphatic hydroxyl groups is 1. The number of non-ortho nitro benzene ring substituents is 1. The molecular weight excluding hydrogens is 426 g/mol. The van der Waals surface area contributed by atoms with E-state index in [9.17, 15) is 24.8 Å². The maximum Gasteiger partial charge on any atom is 0.300 e. The van der Waals surface area contributed by atoms with Crippen LogP contribution in [0.25, 0.3) is 5.76 Å². The molecule has 0 bridgehead atoms. The van der Waals surface area contributed by atoms with E-state index in [1.54, 1.807) is 36.4 Å². The van der Waals surface area contributed by atoms with E-state index in [0.717, 1.165) is 0 Å². The van der Waals surface area contributed by atoms with Crippen molar-refractivity contribution in [1.82, 2.24) is 4.98 Å². The van der Waals surface area contributed by atoms with Crippen molar-refractivity contribution in [3.05, 3.63) is 99.9 Å². The first kappa shape index (κ1) is 21.7. The van der Waals surface area contributed by atoms with Crippen LogP contribution in [0.1, 0.15) is 24.1 Å². The zero-order valence-electron chi connectivity index (χ0n) is 17.5. The minimum absolute atomic E-state index is 0.117. The molecule has 1 amide bonds. The molecule has 1 unspecified atom stereocenters. The van der Waals surface area contributed by atoms with E-state index >= 15 is 0 Å². The Balaban J connectivity index is 1.85. The van der Waals surface area contributed by atoms with Gasteiger partial charge in [0, 0.05) is 35.8 Å². The Morgan fingerprint density at radius 1 is 1.06 bits per heavy atom. The van der Waals surface area contributed by atoms with Gasteiger partial charge < -0.3 is 9.84 Å². The van der Waals surface area contributed by atoms with Crippen molar-refractivity contribution in [3.8, 4) is 5.75 Å². The Kier molecular flexibility index (Phi) is 5.86. The molecule has 1 N–H and O–H groups in total. The van der Waals surface area contributed by atoms with Crippen LogP contribution >= 0.6 is 0 Å². The average Bonchev–Trinajstić information content (AvgIpc) is 3.10. The minimum Gasteiger partial charge on any atom is -0.507 e. The molecule has 3 aromatic rings. The molecule has 166 valence electrons. The Morgan fingerprint density at radius 3 is 2.27 bits per heavy atom. The van der Waals surface area contributed by atoms with E-state index in [1.807, 2.05) is 6.92 Å². The average molecular weight is 445 g/mol. The summed E-state index contributed by atoms with van der Waals surface area (Å²) in [7, 11) is 0. The molecule has 4 rings (SSSR count). The second kappa shape index (κ2) is 8.91. The van der Waals surface area contributed by atoms with Gasteiger partial charge in [0.2, 0.25) is 0 Å². The number of Topliss-reactive ketones (excluding diaryl/α,β-unsaturated/α-hetero) is 1. The highest BCUT2D eigenvalue weighted by molar-refractivity contribution is 6.51. The van der Waals surface area contributed by atoms with E-state index < -0.39 is 28.4 Å². The lowest BCUT2D eigenvalue weighted by Crippen LogP contribution is -2.29. The normalized spacial score (nSPS) is 17.2. The third kappa shape index (κ3) is 4.03. The van der Waals surface area contributed by atoms with Gasteiger partial charge in [-0.3, -0.25) is 29.6 Å². The van der Waals surface area contributed by atoms with Crippen molar-refractivity contribution in [3.63, 3.8) is 0 Å². The van der Waals surface area contributed by atoms with Crippen LogP contribution in [0, 0.1) is 10.1 Å². The van der Waals surface area contributed by atoms with Gasteiger partial charge in [-0.05, 0) is 61.0 Å². The van der Waals surface area contributed by atoms with Gasteiger partial charge in [0.25, 0.3) is 17.4 Å². The Labute approximate surface area is 188 Å². The quantitative estimate of drug-likeness (QED) is 0.200. The molecular formula is C24H19N3O6. The van der Waals surface area contributed by atoms with Gasteiger partial charge in [-0.1, -0.05) is 0 Å². The molecule has 9 nitrogen and oxygen atoms in total. The number of carbonyl (C=O) groups excluding carboxylic acids is 2. The molecule has 0 radical (unpaired) electrons. The maximum absolute atomic E-state index is 13.1. The molecule has 1 fully saturated rings. The van der Waals surface area contributed by atoms with Gasteiger partial charge in [0.15, 0.2) is 0 Å². The van der Waals surface area contributed by atoms with Crippen LogP contribution in [0.3, 0.4) is 0 Å². The fraction of sp³-hybridized carbons (Fsp3) is 0.125. The van der Waals surface area contributed by atoms with E-state index in [0.29, 0.717) is 23.6 Å². The number of hydrogen-bond donors (Lipinski definition) is 1. The summed E-state index contributed by atoms with van der Waals surface area (Å²) >= 11 is 0. The second-order valence-corrected chi connectivity index (χ2v) is 7.18. The number of anilines is 1. The third-order valence-corrected chi connectivity index (χ3v) is 5.24. The summed E-state index contributed by atoms with van der Waals surface area (Å²) in [5.41, 5.74) is 0.928. The first-order valence-corrected chi connectivity index (χ1v) is 10.1. The van der Waals surface area contributed by atoms with E-state index in [-0.39, 0.29) is 16.8 Å². The van der Waals surface area contributed by atoms with Gasteiger partial charge in [0.05, 0.1) is 23.1 Å². The Bertz CT molecular complexity index is 1240.